The predicted octanol–water partition coefficient (Wildman–Crippen LogP) is 3.05. The fourth-order valence-corrected chi connectivity index (χ4v) is 3.67. The molecule has 0 fully saturated rings. The van der Waals surface area contributed by atoms with Crippen LogP contribution < -0.4 is 10.9 Å². The van der Waals surface area contributed by atoms with Gasteiger partial charge in [0.1, 0.15) is 17.9 Å². The van der Waals surface area contributed by atoms with E-state index in [1.165, 1.54) is 4.90 Å². The van der Waals surface area contributed by atoms with Crippen LogP contribution in [0.15, 0.2) is 62.6 Å². The smallest absolute Gasteiger partial charge is 0.336 e. The highest BCUT2D eigenvalue weighted by molar-refractivity contribution is 7.99. The van der Waals surface area contributed by atoms with Gasteiger partial charge in [0.15, 0.2) is 0 Å². The fourth-order valence-electron chi connectivity index (χ4n) is 2.78. The van der Waals surface area contributed by atoms with E-state index in [2.05, 4.69) is 29.6 Å². The number of hydrogen-bond donors (Lipinski definition) is 2. The van der Waals surface area contributed by atoms with Crippen LogP contribution in [-0.2, 0) is 6.54 Å². The van der Waals surface area contributed by atoms with E-state index in [0.717, 1.165) is 36.2 Å². The SMILES string of the molecule is Cc1c(O)ccc2c(C[NH2+]CCCSc3ccccc3)cc(=O)oc12. The summed E-state index contributed by atoms with van der Waals surface area (Å²) >= 11 is 1.86. The van der Waals surface area contributed by atoms with Gasteiger partial charge >= 0.3 is 5.63 Å². The summed E-state index contributed by atoms with van der Waals surface area (Å²) in [6.45, 7) is 3.48. The van der Waals surface area contributed by atoms with Gasteiger partial charge < -0.3 is 14.8 Å². The first kappa shape index (κ1) is 17.6. The molecule has 0 saturated carbocycles. The third kappa shape index (κ3) is 4.44. The minimum atomic E-state index is -0.371. The summed E-state index contributed by atoms with van der Waals surface area (Å²) in [5, 5.41) is 12.9. The average molecular weight is 356 g/mol. The molecule has 4 nitrogen and oxygen atoms in total. The summed E-state index contributed by atoms with van der Waals surface area (Å²) in [4.78, 5) is 13.1. The Morgan fingerprint density at radius 2 is 1.96 bits per heavy atom. The summed E-state index contributed by atoms with van der Waals surface area (Å²) in [5.74, 6) is 1.22. The van der Waals surface area contributed by atoms with Crippen molar-refractivity contribution in [3.8, 4) is 5.75 Å². The van der Waals surface area contributed by atoms with E-state index in [4.69, 9.17) is 4.42 Å². The van der Waals surface area contributed by atoms with Gasteiger partial charge in [0.25, 0.3) is 0 Å². The summed E-state index contributed by atoms with van der Waals surface area (Å²) in [7, 11) is 0. The fraction of sp³-hybridized carbons (Fsp3) is 0.250. The van der Waals surface area contributed by atoms with E-state index in [1.807, 2.05) is 23.9 Å². The molecule has 0 aliphatic rings. The van der Waals surface area contributed by atoms with Gasteiger partial charge in [-0.3, -0.25) is 0 Å². The van der Waals surface area contributed by atoms with E-state index in [-0.39, 0.29) is 11.4 Å². The molecule has 0 aliphatic heterocycles. The van der Waals surface area contributed by atoms with E-state index in [9.17, 15) is 9.90 Å². The molecule has 0 radical (unpaired) electrons. The van der Waals surface area contributed by atoms with Crippen molar-refractivity contribution in [2.45, 2.75) is 24.8 Å². The van der Waals surface area contributed by atoms with E-state index in [1.54, 1.807) is 19.1 Å². The van der Waals surface area contributed by atoms with Crippen molar-refractivity contribution in [1.29, 1.82) is 0 Å². The second-order valence-electron chi connectivity index (χ2n) is 5.97. The van der Waals surface area contributed by atoms with E-state index in [0.29, 0.717) is 11.1 Å². The molecule has 3 aromatic rings. The first-order valence-corrected chi connectivity index (χ1v) is 9.38. The molecule has 3 rings (SSSR count). The highest BCUT2D eigenvalue weighted by Crippen LogP contribution is 2.26. The molecule has 0 amide bonds. The summed E-state index contributed by atoms with van der Waals surface area (Å²) in [5.41, 5.74) is 1.67. The highest BCUT2D eigenvalue weighted by Gasteiger charge is 2.11. The van der Waals surface area contributed by atoms with Gasteiger partial charge in [0, 0.05) is 39.6 Å². The second-order valence-corrected chi connectivity index (χ2v) is 7.14. The van der Waals surface area contributed by atoms with Crippen molar-refractivity contribution in [3.05, 3.63) is 70.1 Å². The maximum absolute atomic E-state index is 11.8. The molecule has 0 bridgehead atoms. The normalized spacial score (nSPS) is 11.1. The van der Waals surface area contributed by atoms with Crippen LogP contribution in [-0.4, -0.2) is 17.4 Å². The number of aromatic hydroxyl groups is 1. The molecule has 0 atom stereocenters. The largest absolute Gasteiger partial charge is 0.508 e. The lowest BCUT2D eigenvalue weighted by molar-refractivity contribution is -0.670. The quantitative estimate of drug-likeness (QED) is 0.388. The minimum absolute atomic E-state index is 0.148. The zero-order chi connectivity index (χ0) is 17.6. The van der Waals surface area contributed by atoms with Gasteiger partial charge in [-0.25, -0.2) is 4.79 Å². The van der Waals surface area contributed by atoms with Crippen molar-refractivity contribution in [1.82, 2.24) is 0 Å². The standard InChI is InChI=1S/C20H21NO3S/c1-14-18(22)9-8-17-15(12-19(23)24-20(14)17)13-21-10-5-11-25-16-6-3-2-4-7-16/h2-4,6-9,12,21-22H,5,10-11,13H2,1H3/p+1. The second kappa shape index (κ2) is 8.23. The Balaban J connectivity index is 1.56. The number of fused-ring (bicyclic) bond motifs is 1. The lowest BCUT2D eigenvalue weighted by atomic mass is 10.1. The number of hydrogen-bond acceptors (Lipinski definition) is 4. The van der Waals surface area contributed by atoms with E-state index < -0.39 is 0 Å². The molecule has 0 saturated heterocycles. The van der Waals surface area contributed by atoms with Crippen LogP contribution in [0.3, 0.4) is 0 Å². The molecule has 3 N–H and O–H groups in total. The number of aryl methyl sites for hydroxylation is 1. The van der Waals surface area contributed by atoms with Gasteiger partial charge in [-0.2, -0.15) is 0 Å². The van der Waals surface area contributed by atoms with E-state index >= 15 is 0 Å². The number of phenols is 1. The molecular weight excluding hydrogens is 334 g/mol. The van der Waals surface area contributed by atoms with Gasteiger partial charge in [0.05, 0.1) is 6.54 Å². The number of thioether (sulfide) groups is 1. The van der Waals surface area contributed by atoms with Crippen LogP contribution in [0.25, 0.3) is 11.0 Å². The minimum Gasteiger partial charge on any atom is -0.508 e. The lowest BCUT2D eigenvalue weighted by Gasteiger charge is -2.08. The van der Waals surface area contributed by atoms with Gasteiger partial charge in [-0.1, -0.05) is 18.2 Å². The number of quaternary nitrogens is 1. The maximum Gasteiger partial charge on any atom is 0.336 e. The molecule has 5 heteroatoms. The Kier molecular flexibility index (Phi) is 5.79. The zero-order valence-corrected chi connectivity index (χ0v) is 15.0. The van der Waals surface area contributed by atoms with Crippen molar-refractivity contribution in [2.75, 3.05) is 12.3 Å². The zero-order valence-electron chi connectivity index (χ0n) is 14.2. The van der Waals surface area contributed by atoms with Gasteiger partial charge in [0.2, 0.25) is 0 Å². The molecule has 1 aromatic heterocycles. The van der Waals surface area contributed by atoms with Crippen LogP contribution in [0.2, 0.25) is 0 Å². The first-order valence-electron chi connectivity index (χ1n) is 8.40. The third-order valence-corrected chi connectivity index (χ3v) is 5.25. The van der Waals surface area contributed by atoms with Crippen molar-refractivity contribution in [2.24, 2.45) is 0 Å². The maximum atomic E-state index is 11.8. The van der Waals surface area contributed by atoms with Crippen molar-refractivity contribution in [3.63, 3.8) is 0 Å². The molecule has 0 aliphatic carbocycles. The molecule has 25 heavy (non-hydrogen) atoms. The summed E-state index contributed by atoms with van der Waals surface area (Å²) < 4.78 is 5.27. The molecule has 2 aromatic carbocycles. The number of rotatable bonds is 7. The van der Waals surface area contributed by atoms with Crippen LogP contribution in [0.4, 0.5) is 0 Å². The third-order valence-electron chi connectivity index (χ3n) is 4.15. The van der Waals surface area contributed by atoms with Crippen LogP contribution in [0, 0.1) is 6.92 Å². The highest BCUT2D eigenvalue weighted by atomic mass is 32.2. The van der Waals surface area contributed by atoms with Crippen LogP contribution in [0.1, 0.15) is 17.5 Å². The Labute approximate surface area is 150 Å². The summed E-state index contributed by atoms with van der Waals surface area (Å²) in [6, 6.07) is 15.4. The molecule has 130 valence electrons. The van der Waals surface area contributed by atoms with Crippen molar-refractivity contribution >= 4 is 22.7 Å². The van der Waals surface area contributed by atoms with Crippen LogP contribution >= 0.6 is 11.8 Å². The number of benzene rings is 2. The van der Waals surface area contributed by atoms with Gasteiger partial charge in [-0.15, -0.1) is 11.8 Å². The molecule has 0 spiro atoms. The Hall–Kier alpha value is -2.24. The number of phenolic OH excluding ortho intramolecular Hbond substituents is 1. The first-order chi connectivity index (χ1) is 12.1. The topological polar surface area (TPSA) is 67.1 Å². The summed E-state index contributed by atoms with van der Waals surface area (Å²) in [6.07, 6.45) is 1.10. The van der Waals surface area contributed by atoms with Crippen LogP contribution in [0.5, 0.6) is 5.75 Å². The Bertz CT molecular complexity index is 906. The lowest BCUT2D eigenvalue weighted by Crippen LogP contribution is -2.82. The Morgan fingerprint density at radius 1 is 1.16 bits per heavy atom. The predicted molar refractivity (Wildman–Crippen MR) is 101 cm³/mol. The van der Waals surface area contributed by atoms with Gasteiger partial charge in [-0.05, 0) is 31.2 Å². The number of nitrogens with two attached hydrogens (primary N) is 1. The molecular formula is C20H22NO3S+. The molecule has 1 heterocycles. The monoisotopic (exact) mass is 356 g/mol. The van der Waals surface area contributed by atoms with Crippen molar-refractivity contribution < 1.29 is 14.8 Å². The molecule has 0 unspecified atom stereocenters. The average Bonchev–Trinajstić information content (AvgIpc) is 2.62. The Morgan fingerprint density at radius 3 is 2.76 bits per heavy atom.